The molecule has 0 saturated heterocycles. The Labute approximate surface area is 179 Å². The van der Waals surface area contributed by atoms with E-state index in [-0.39, 0.29) is 12.3 Å². The molecule has 0 aromatic heterocycles. The number of rotatable bonds is 6. The summed E-state index contributed by atoms with van der Waals surface area (Å²) in [4.78, 5) is 12.4. The van der Waals surface area contributed by atoms with Crippen LogP contribution in [0.2, 0.25) is 10.0 Å². The van der Waals surface area contributed by atoms with Crippen LogP contribution < -0.4 is 10.1 Å². The third-order valence-electron chi connectivity index (χ3n) is 4.31. The van der Waals surface area contributed by atoms with Gasteiger partial charge in [-0.2, -0.15) is 5.26 Å². The van der Waals surface area contributed by atoms with Crippen LogP contribution in [-0.2, 0) is 17.6 Å². The van der Waals surface area contributed by atoms with Crippen LogP contribution >= 0.6 is 23.2 Å². The Bertz CT molecular complexity index is 1090. The lowest BCUT2D eigenvalue weighted by Crippen LogP contribution is -2.14. The lowest BCUT2D eigenvalue weighted by Gasteiger charge is -2.14. The molecule has 1 amide bonds. The van der Waals surface area contributed by atoms with E-state index in [1.807, 2.05) is 25.1 Å². The van der Waals surface area contributed by atoms with Gasteiger partial charge in [0.15, 0.2) is 0 Å². The average Bonchev–Trinajstić information content (AvgIpc) is 2.70. The number of benzene rings is 3. The van der Waals surface area contributed by atoms with Crippen LogP contribution in [0.4, 0.5) is 5.69 Å². The highest BCUT2D eigenvalue weighted by atomic mass is 35.5. The lowest BCUT2D eigenvalue weighted by molar-refractivity contribution is -0.115. The van der Waals surface area contributed by atoms with E-state index in [4.69, 9.17) is 27.9 Å². The fourth-order valence-corrected chi connectivity index (χ4v) is 3.17. The second kappa shape index (κ2) is 9.47. The van der Waals surface area contributed by atoms with E-state index in [1.54, 1.807) is 42.5 Å². The van der Waals surface area contributed by atoms with Crippen molar-refractivity contribution in [3.8, 4) is 17.6 Å². The smallest absolute Gasteiger partial charge is 0.228 e. The number of carbonyl (C=O) groups excluding carboxylic acids is 1. The summed E-state index contributed by atoms with van der Waals surface area (Å²) in [5.41, 5.74) is 2.70. The average molecular weight is 425 g/mol. The van der Waals surface area contributed by atoms with E-state index in [0.717, 1.165) is 17.5 Å². The third-order valence-corrected chi connectivity index (χ3v) is 4.87. The van der Waals surface area contributed by atoms with Crippen molar-refractivity contribution in [3.63, 3.8) is 0 Å². The molecule has 0 aliphatic heterocycles. The van der Waals surface area contributed by atoms with Gasteiger partial charge in [-0.25, -0.2) is 0 Å². The molecule has 0 aliphatic rings. The topological polar surface area (TPSA) is 62.1 Å². The predicted octanol–water partition coefficient (Wildman–Crippen LogP) is 6.40. The van der Waals surface area contributed by atoms with E-state index < -0.39 is 0 Å². The molecule has 0 saturated carbocycles. The minimum Gasteiger partial charge on any atom is -0.456 e. The third kappa shape index (κ3) is 5.29. The Hall–Kier alpha value is -3.00. The van der Waals surface area contributed by atoms with Gasteiger partial charge in [0.1, 0.15) is 17.6 Å². The summed E-state index contributed by atoms with van der Waals surface area (Å²) in [6, 6.07) is 19.7. The van der Waals surface area contributed by atoms with Crippen molar-refractivity contribution >= 4 is 34.8 Å². The maximum atomic E-state index is 12.4. The molecular weight excluding hydrogens is 407 g/mol. The number of nitriles is 1. The molecule has 0 radical (unpaired) electrons. The van der Waals surface area contributed by atoms with E-state index in [2.05, 4.69) is 11.4 Å². The summed E-state index contributed by atoms with van der Waals surface area (Å²) in [6.45, 7) is 2.01. The van der Waals surface area contributed by atoms with E-state index in [1.165, 1.54) is 0 Å². The highest BCUT2D eigenvalue weighted by Crippen LogP contribution is 2.31. The number of nitrogens with zero attached hydrogens (tertiary/aromatic N) is 1. The Morgan fingerprint density at radius 2 is 1.86 bits per heavy atom. The molecule has 0 heterocycles. The number of ether oxygens (including phenoxy) is 1. The van der Waals surface area contributed by atoms with Crippen LogP contribution in [0.3, 0.4) is 0 Å². The summed E-state index contributed by atoms with van der Waals surface area (Å²) in [5.74, 6) is 0.787. The van der Waals surface area contributed by atoms with Gasteiger partial charge in [0.05, 0.1) is 22.7 Å². The second-order valence-corrected chi connectivity index (χ2v) is 7.20. The largest absolute Gasteiger partial charge is 0.456 e. The van der Waals surface area contributed by atoms with Crippen molar-refractivity contribution in [3.05, 3.63) is 87.4 Å². The van der Waals surface area contributed by atoms with Crippen molar-refractivity contribution in [1.29, 1.82) is 5.26 Å². The minimum absolute atomic E-state index is 0.159. The summed E-state index contributed by atoms with van der Waals surface area (Å²) in [5, 5.41) is 13.1. The fraction of sp³-hybridized carbons (Fsp3) is 0.130. The van der Waals surface area contributed by atoms with Gasteiger partial charge in [0.2, 0.25) is 5.91 Å². The van der Waals surface area contributed by atoms with Gasteiger partial charge >= 0.3 is 0 Å². The van der Waals surface area contributed by atoms with Crippen LogP contribution in [0.15, 0.2) is 60.7 Å². The number of hydrogen-bond donors (Lipinski definition) is 1. The first-order chi connectivity index (χ1) is 14.0. The Balaban J connectivity index is 1.82. The molecule has 0 atom stereocenters. The Morgan fingerprint density at radius 3 is 2.59 bits per heavy atom. The zero-order valence-electron chi connectivity index (χ0n) is 15.7. The highest BCUT2D eigenvalue weighted by molar-refractivity contribution is 6.33. The van der Waals surface area contributed by atoms with Crippen LogP contribution in [0.1, 0.15) is 23.6 Å². The molecule has 1 N–H and O–H groups in total. The van der Waals surface area contributed by atoms with Gasteiger partial charge in [0.25, 0.3) is 0 Å². The molecule has 0 unspecified atom stereocenters. The standard InChI is InChI=1S/C23H18Cl2N2O2/c1-2-16-8-7-15(12-23(28)27-20-6-4-3-5-19(20)25)11-21(16)29-22-13-18(24)10-9-17(22)14-26/h3-11,13H,2,12H2,1H3,(H,27,28). The van der Waals surface area contributed by atoms with Gasteiger partial charge in [-0.3, -0.25) is 4.79 Å². The molecule has 0 spiro atoms. The first-order valence-electron chi connectivity index (χ1n) is 9.04. The van der Waals surface area contributed by atoms with Gasteiger partial charge in [-0.1, -0.05) is 54.4 Å². The molecule has 3 rings (SSSR count). The van der Waals surface area contributed by atoms with Gasteiger partial charge in [0, 0.05) is 11.1 Å². The number of anilines is 1. The molecule has 3 aromatic carbocycles. The molecule has 6 heteroatoms. The quantitative estimate of drug-likeness (QED) is 0.497. The van der Waals surface area contributed by atoms with Crippen LogP contribution in [0.5, 0.6) is 11.5 Å². The maximum Gasteiger partial charge on any atom is 0.228 e. The summed E-state index contributed by atoms with van der Waals surface area (Å²) < 4.78 is 6.00. The van der Waals surface area contributed by atoms with Crippen molar-refractivity contribution in [2.75, 3.05) is 5.32 Å². The molecule has 3 aromatic rings. The summed E-state index contributed by atoms with van der Waals surface area (Å²) >= 11 is 12.1. The summed E-state index contributed by atoms with van der Waals surface area (Å²) in [6.07, 6.45) is 0.899. The monoisotopic (exact) mass is 424 g/mol. The van der Waals surface area contributed by atoms with Gasteiger partial charge < -0.3 is 10.1 Å². The first kappa shape index (κ1) is 20.7. The molecule has 146 valence electrons. The van der Waals surface area contributed by atoms with Gasteiger partial charge in [-0.15, -0.1) is 0 Å². The maximum absolute atomic E-state index is 12.4. The van der Waals surface area contributed by atoms with Crippen LogP contribution in [0.25, 0.3) is 0 Å². The molecule has 0 bridgehead atoms. The molecule has 29 heavy (non-hydrogen) atoms. The van der Waals surface area contributed by atoms with Crippen molar-refractivity contribution in [2.45, 2.75) is 19.8 Å². The fourth-order valence-electron chi connectivity index (χ4n) is 2.83. The second-order valence-electron chi connectivity index (χ2n) is 6.35. The molecule has 0 aliphatic carbocycles. The predicted molar refractivity (Wildman–Crippen MR) is 116 cm³/mol. The minimum atomic E-state index is -0.186. The Kier molecular flexibility index (Phi) is 6.77. The number of aryl methyl sites for hydroxylation is 1. The van der Waals surface area contributed by atoms with Crippen molar-refractivity contribution in [1.82, 2.24) is 0 Å². The zero-order valence-corrected chi connectivity index (χ0v) is 17.2. The number of para-hydroxylation sites is 1. The van der Waals surface area contributed by atoms with E-state index in [9.17, 15) is 10.1 Å². The summed E-state index contributed by atoms with van der Waals surface area (Å²) in [7, 11) is 0. The number of amides is 1. The van der Waals surface area contributed by atoms with Crippen LogP contribution in [-0.4, -0.2) is 5.91 Å². The SMILES string of the molecule is CCc1ccc(CC(=O)Nc2ccccc2Cl)cc1Oc1cc(Cl)ccc1C#N. The first-order valence-corrected chi connectivity index (χ1v) is 9.79. The molecule has 4 nitrogen and oxygen atoms in total. The number of halogens is 2. The van der Waals surface area contributed by atoms with Gasteiger partial charge in [-0.05, 0) is 47.9 Å². The Morgan fingerprint density at radius 1 is 1.07 bits per heavy atom. The van der Waals surface area contributed by atoms with Crippen LogP contribution in [0, 0.1) is 11.3 Å². The number of nitrogens with one attached hydrogen (secondary N) is 1. The zero-order chi connectivity index (χ0) is 20.8. The van der Waals surface area contributed by atoms with Crippen molar-refractivity contribution in [2.24, 2.45) is 0 Å². The van der Waals surface area contributed by atoms with Crippen molar-refractivity contribution < 1.29 is 9.53 Å². The molecular formula is C23H18Cl2N2O2. The normalized spacial score (nSPS) is 10.3. The highest BCUT2D eigenvalue weighted by Gasteiger charge is 2.12. The number of hydrogen-bond acceptors (Lipinski definition) is 3. The number of carbonyl (C=O) groups is 1. The molecule has 0 fully saturated rings. The lowest BCUT2D eigenvalue weighted by atomic mass is 10.1. The van der Waals surface area contributed by atoms with E-state index >= 15 is 0 Å². The van der Waals surface area contributed by atoms with E-state index in [0.29, 0.717) is 32.8 Å².